The summed E-state index contributed by atoms with van der Waals surface area (Å²) in [4.78, 5) is 12.1. The first kappa shape index (κ1) is 14.4. The minimum Gasteiger partial charge on any atom is -0.381 e. The number of amides is 1. The molecule has 0 saturated carbocycles. The highest BCUT2D eigenvalue weighted by Gasteiger charge is 2.40. The van der Waals surface area contributed by atoms with Gasteiger partial charge in [0.1, 0.15) is 17.0 Å². The fourth-order valence-corrected chi connectivity index (χ4v) is 2.13. The largest absolute Gasteiger partial charge is 0.381 e. The highest BCUT2D eigenvalue weighted by atomic mass is 19.1. The fourth-order valence-electron chi connectivity index (χ4n) is 2.13. The molecule has 1 N–H and O–H groups in total. The average Bonchev–Trinajstić information content (AvgIpc) is 2.48. The van der Waals surface area contributed by atoms with Gasteiger partial charge in [0.15, 0.2) is 0 Å². The Morgan fingerprint density at radius 3 is 2.75 bits per heavy atom. The summed E-state index contributed by atoms with van der Waals surface area (Å²) in [7, 11) is 0. The number of benzene rings is 1. The number of rotatable bonds is 3. The van der Waals surface area contributed by atoms with Crippen molar-refractivity contribution in [2.75, 3.05) is 13.2 Å². The van der Waals surface area contributed by atoms with Crippen LogP contribution in [0.4, 0.5) is 8.78 Å². The Bertz CT molecular complexity index is 549. The highest BCUT2D eigenvalue weighted by molar-refractivity contribution is 5.85. The molecular formula is C14H14F2N2O2. The van der Waals surface area contributed by atoms with E-state index < -0.39 is 23.0 Å². The van der Waals surface area contributed by atoms with Crippen molar-refractivity contribution in [2.24, 2.45) is 5.41 Å². The molecular weight excluding hydrogens is 266 g/mol. The van der Waals surface area contributed by atoms with Crippen LogP contribution in [0.15, 0.2) is 18.2 Å². The van der Waals surface area contributed by atoms with Crippen LogP contribution in [0.3, 0.4) is 0 Å². The summed E-state index contributed by atoms with van der Waals surface area (Å²) in [5.41, 5.74) is -1.08. The molecule has 1 fully saturated rings. The molecule has 1 amide bonds. The minimum atomic E-state index is -1.14. The third-order valence-electron chi connectivity index (χ3n) is 3.44. The van der Waals surface area contributed by atoms with Gasteiger partial charge in [0.25, 0.3) is 0 Å². The van der Waals surface area contributed by atoms with E-state index in [2.05, 4.69) is 5.32 Å². The van der Waals surface area contributed by atoms with E-state index in [1.165, 1.54) is 0 Å². The van der Waals surface area contributed by atoms with Crippen molar-refractivity contribution in [3.63, 3.8) is 0 Å². The topological polar surface area (TPSA) is 62.1 Å². The van der Waals surface area contributed by atoms with Crippen LogP contribution in [-0.2, 0) is 16.1 Å². The SMILES string of the molecule is N#CC1(C(=O)NCc2cc(F)ccc2F)CCOCC1. The van der Waals surface area contributed by atoms with Crippen molar-refractivity contribution >= 4 is 5.91 Å². The van der Waals surface area contributed by atoms with E-state index in [1.807, 2.05) is 6.07 Å². The summed E-state index contributed by atoms with van der Waals surface area (Å²) >= 11 is 0. The maximum atomic E-state index is 13.4. The third kappa shape index (κ3) is 2.94. The van der Waals surface area contributed by atoms with Crippen molar-refractivity contribution in [1.29, 1.82) is 5.26 Å². The van der Waals surface area contributed by atoms with Crippen molar-refractivity contribution < 1.29 is 18.3 Å². The highest BCUT2D eigenvalue weighted by Crippen LogP contribution is 2.30. The molecule has 0 unspecified atom stereocenters. The maximum absolute atomic E-state index is 13.4. The molecule has 6 heteroatoms. The Morgan fingerprint density at radius 2 is 2.10 bits per heavy atom. The van der Waals surface area contributed by atoms with E-state index in [9.17, 15) is 18.8 Å². The minimum absolute atomic E-state index is 0.0542. The van der Waals surface area contributed by atoms with E-state index in [4.69, 9.17) is 4.74 Å². The Balaban J connectivity index is 2.04. The standard InChI is InChI=1S/C14H14F2N2O2/c15-11-1-2-12(16)10(7-11)8-18-13(19)14(9-17)3-5-20-6-4-14/h1-2,7H,3-6,8H2,(H,18,19). The van der Waals surface area contributed by atoms with Gasteiger partial charge in [-0.15, -0.1) is 0 Å². The van der Waals surface area contributed by atoms with Gasteiger partial charge < -0.3 is 10.1 Å². The molecule has 0 radical (unpaired) electrons. The summed E-state index contributed by atoms with van der Waals surface area (Å²) in [6, 6.07) is 5.06. The summed E-state index contributed by atoms with van der Waals surface area (Å²) in [5.74, 6) is -1.63. The molecule has 106 valence electrons. The van der Waals surface area contributed by atoms with Crippen LogP contribution >= 0.6 is 0 Å². The lowest BCUT2D eigenvalue weighted by molar-refractivity contribution is -0.132. The molecule has 1 aromatic rings. The smallest absolute Gasteiger partial charge is 0.240 e. The number of carbonyl (C=O) groups excluding carboxylic acids is 1. The Kier molecular flexibility index (Phi) is 4.30. The van der Waals surface area contributed by atoms with Gasteiger partial charge in [0.05, 0.1) is 6.07 Å². The molecule has 2 rings (SSSR count). The molecule has 1 aromatic carbocycles. The fraction of sp³-hybridized carbons (Fsp3) is 0.429. The van der Waals surface area contributed by atoms with Crippen LogP contribution in [-0.4, -0.2) is 19.1 Å². The molecule has 1 aliphatic heterocycles. The molecule has 0 atom stereocenters. The number of hydrogen-bond donors (Lipinski definition) is 1. The second kappa shape index (κ2) is 5.97. The third-order valence-corrected chi connectivity index (χ3v) is 3.44. The van der Waals surface area contributed by atoms with Crippen LogP contribution in [0.2, 0.25) is 0 Å². The lowest BCUT2D eigenvalue weighted by Gasteiger charge is -2.29. The predicted molar refractivity (Wildman–Crippen MR) is 66.3 cm³/mol. The monoisotopic (exact) mass is 280 g/mol. The molecule has 0 spiro atoms. The Labute approximate surface area is 115 Å². The molecule has 1 aliphatic rings. The second-order valence-corrected chi connectivity index (χ2v) is 4.72. The molecule has 0 aliphatic carbocycles. The van der Waals surface area contributed by atoms with Crippen molar-refractivity contribution in [3.8, 4) is 6.07 Å². The number of nitriles is 1. The Morgan fingerprint density at radius 1 is 1.40 bits per heavy atom. The molecule has 20 heavy (non-hydrogen) atoms. The summed E-state index contributed by atoms with van der Waals surface area (Å²) in [5, 5.41) is 11.7. The number of halogens is 2. The maximum Gasteiger partial charge on any atom is 0.240 e. The number of hydrogen-bond acceptors (Lipinski definition) is 3. The second-order valence-electron chi connectivity index (χ2n) is 4.72. The zero-order valence-corrected chi connectivity index (χ0v) is 10.8. The van der Waals surface area contributed by atoms with Crippen LogP contribution in [0.25, 0.3) is 0 Å². The normalized spacial score (nSPS) is 17.2. The van der Waals surface area contributed by atoms with Crippen LogP contribution in [0.1, 0.15) is 18.4 Å². The number of ether oxygens (including phenoxy) is 1. The van der Waals surface area contributed by atoms with E-state index >= 15 is 0 Å². The Hall–Kier alpha value is -2.00. The summed E-state index contributed by atoms with van der Waals surface area (Å²) in [6.07, 6.45) is 0.613. The zero-order valence-electron chi connectivity index (χ0n) is 10.8. The van der Waals surface area contributed by atoms with Crippen LogP contribution in [0.5, 0.6) is 0 Å². The van der Waals surface area contributed by atoms with Gasteiger partial charge in [-0.3, -0.25) is 4.79 Å². The number of nitrogens with one attached hydrogen (secondary N) is 1. The van der Waals surface area contributed by atoms with E-state index in [1.54, 1.807) is 0 Å². The van der Waals surface area contributed by atoms with E-state index in [0.29, 0.717) is 26.1 Å². The van der Waals surface area contributed by atoms with E-state index in [-0.39, 0.29) is 12.1 Å². The first-order chi connectivity index (χ1) is 9.57. The average molecular weight is 280 g/mol. The van der Waals surface area contributed by atoms with Crippen molar-refractivity contribution in [2.45, 2.75) is 19.4 Å². The molecule has 0 aromatic heterocycles. The van der Waals surface area contributed by atoms with Gasteiger partial charge >= 0.3 is 0 Å². The lowest BCUT2D eigenvalue weighted by atomic mass is 9.81. The van der Waals surface area contributed by atoms with Gasteiger partial charge in [-0.25, -0.2) is 8.78 Å². The summed E-state index contributed by atoms with van der Waals surface area (Å²) in [6.45, 7) is 0.539. The first-order valence-corrected chi connectivity index (χ1v) is 6.29. The molecule has 1 saturated heterocycles. The van der Waals surface area contributed by atoms with Gasteiger partial charge in [0, 0.05) is 25.3 Å². The van der Waals surface area contributed by atoms with Gasteiger partial charge in [-0.05, 0) is 31.0 Å². The quantitative estimate of drug-likeness (QED) is 0.919. The van der Waals surface area contributed by atoms with Crippen LogP contribution in [0, 0.1) is 28.4 Å². The van der Waals surface area contributed by atoms with Gasteiger partial charge in [-0.1, -0.05) is 0 Å². The van der Waals surface area contributed by atoms with Crippen molar-refractivity contribution in [1.82, 2.24) is 5.32 Å². The van der Waals surface area contributed by atoms with Crippen LogP contribution < -0.4 is 5.32 Å². The summed E-state index contributed by atoms with van der Waals surface area (Å²) < 4.78 is 31.6. The zero-order chi connectivity index (χ0) is 14.6. The number of nitrogens with zero attached hydrogens (tertiary/aromatic N) is 1. The molecule has 0 bridgehead atoms. The predicted octanol–water partition coefficient (Wildman–Crippen LogP) is 1.90. The van der Waals surface area contributed by atoms with Gasteiger partial charge in [-0.2, -0.15) is 5.26 Å². The lowest BCUT2D eigenvalue weighted by Crippen LogP contribution is -2.43. The first-order valence-electron chi connectivity index (χ1n) is 6.29. The van der Waals surface area contributed by atoms with E-state index in [0.717, 1.165) is 18.2 Å². The number of carbonyl (C=O) groups is 1. The van der Waals surface area contributed by atoms with Gasteiger partial charge in [0.2, 0.25) is 5.91 Å². The molecule has 4 nitrogen and oxygen atoms in total. The van der Waals surface area contributed by atoms with Crippen molar-refractivity contribution in [3.05, 3.63) is 35.4 Å². The molecule has 1 heterocycles.